The number of benzene rings is 2. The maximum Gasteiger partial charge on any atom is 0.325 e. The van der Waals surface area contributed by atoms with Crippen LogP contribution in [-0.4, -0.2) is 48.5 Å². The Hall–Kier alpha value is -3.55. The summed E-state index contributed by atoms with van der Waals surface area (Å²) in [4.78, 5) is 39.0. The number of aryl methyl sites for hydroxylation is 1. The normalized spacial score (nSPS) is 24.0. The first-order valence-corrected chi connectivity index (χ1v) is 9.94. The van der Waals surface area contributed by atoms with Crippen LogP contribution in [0.15, 0.2) is 48.5 Å². The van der Waals surface area contributed by atoms with Gasteiger partial charge in [-0.25, -0.2) is 4.79 Å². The molecule has 0 bridgehead atoms. The molecule has 2 atom stereocenters. The molecule has 0 saturated carbocycles. The molecule has 8 nitrogen and oxygen atoms in total. The zero-order valence-electron chi connectivity index (χ0n) is 16.2. The maximum atomic E-state index is 13.1. The molecule has 2 aromatic rings. The topological polar surface area (TPSA) is 97.0 Å². The molecule has 8 heteroatoms. The number of imide groups is 1. The van der Waals surface area contributed by atoms with Gasteiger partial charge in [0.25, 0.3) is 5.91 Å². The fourth-order valence-electron chi connectivity index (χ4n) is 4.32. The van der Waals surface area contributed by atoms with Crippen molar-refractivity contribution in [2.24, 2.45) is 0 Å². The van der Waals surface area contributed by atoms with Gasteiger partial charge >= 0.3 is 6.03 Å². The summed E-state index contributed by atoms with van der Waals surface area (Å²) in [7, 11) is 0. The molecule has 0 unspecified atom stereocenters. The Balaban J connectivity index is 1.21. The number of rotatable bonds is 4. The fraction of sp³-hybridized carbons (Fsp3) is 0.318. The Labute approximate surface area is 173 Å². The number of urea groups is 1. The van der Waals surface area contributed by atoms with Gasteiger partial charge in [-0.3, -0.25) is 14.5 Å². The first-order chi connectivity index (χ1) is 14.6. The molecule has 154 valence electrons. The standard InChI is InChI=1S/C22H21N3O5/c26-19(23-11-15-13-29-17-7-3-4-8-18(17)30-15)12-25-20(27)22(24-21(25)28)10-9-14-5-1-2-6-16(14)22/h1-8,15H,9-13H2,(H,23,26)(H,24,28)/t15-,22+/m1/s1. The quantitative estimate of drug-likeness (QED) is 0.746. The molecule has 5 rings (SSSR count). The molecule has 0 radical (unpaired) electrons. The van der Waals surface area contributed by atoms with E-state index in [0.29, 0.717) is 30.9 Å². The summed E-state index contributed by atoms with van der Waals surface area (Å²) in [6.45, 7) is 0.184. The lowest BCUT2D eigenvalue weighted by molar-refractivity contribution is -0.135. The summed E-state index contributed by atoms with van der Waals surface area (Å²) in [6.07, 6.45) is 0.866. The molecular weight excluding hydrogens is 386 g/mol. The van der Waals surface area contributed by atoms with Gasteiger partial charge in [0.1, 0.15) is 24.8 Å². The highest BCUT2D eigenvalue weighted by atomic mass is 16.6. The minimum Gasteiger partial charge on any atom is -0.486 e. The minimum absolute atomic E-state index is 0.213. The van der Waals surface area contributed by atoms with Crippen LogP contribution in [0.5, 0.6) is 11.5 Å². The van der Waals surface area contributed by atoms with Crippen LogP contribution in [0.3, 0.4) is 0 Å². The summed E-state index contributed by atoms with van der Waals surface area (Å²) in [6, 6.07) is 14.4. The Bertz CT molecular complexity index is 1040. The molecule has 2 aromatic carbocycles. The molecule has 2 N–H and O–H groups in total. The van der Waals surface area contributed by atoms with E-state index >= 15 is 0 Å². The van der Waals surface area contributed by atoms with E-state index in [1.165, 1.54) is 0 Å². The lowest BCUT2D eigenvalue weighted by Crippen LogP contribution is -2.46. The minimum atomic E-state index is -1.06. The molecule has 0 aromatic heterocycles. The average molecular weight is 407 g/mol. The molecule has 3 aliphatic rings. The Morgan fingerprint density at radius 2 is 1.90 bits per heavy atom. The monoisotopic (exact) mass is 407 g/mol. The van der Waals surface area contributed by atoms with Crippen LogP contribution in [0, 0.1) is 0 Å². The second-order valence-electron chi connectivity index (χ2n) is 7.69. The molecule has 4 amide bonds. The SMILES string of the molecule is O=C(CN1C(=O)N[C@]2(CCc3ccccc32)C1=O)NC[C@@H]1COc2ccccc2O1. The number of carbonyl (C=O) groups excluding carboxylic acids is 3. The predicted molar refractivity (Wildman–Crippen MR) is 106 cm³/mol. The number of nitrogens with one attached hydrogen (secondary N) is 2. The van der Waals surface area contributed by atoms with Crippen LogP contribution in [0.2, 0.25) is 0 Å². The van der Waals surface area contributed by atoms with E-state index in [1.807, 2.05) is 42.5 Å². The van der Waals surface area contributed by atoms with Gasteiger partial charge in [-0.05, 0) is 36.1 Å². The Morgan fingerprint density at radius 1 is 1.13 bits per heavy atom. The third-order valence-electron chi connectivity index (χ3n) is 5.82. The fourth-order valence-corrected chi connectivity index (χ4v) is 4.32. The summed E-state index contributed by atoms with van der Waals surface area (Å²) < 4.78 is 11.4. The second kappa shape index (κ2) is 7.05. The highest BCUT2D eigenvalue weighted by Gasteiger charge is 2.55. The zero-order chi connectivity index (χ0) is 20.7. The molecule has 1 fully saturated rings. The second-order valence-corrected chi connectivity index (χ2v) is 7.69. The van der Waals surface area contributed by atoms with Crippen molar-refractivity contribution in [3.8, 4) is 11.5 Å². The summed E-state index contributed by atoms with van der Waals surface area (Å²) in [5, 5.41) is 5.55. The number of fused-ring (bicyclic) bond motifs is 3. The van der Waals surface area contributed by atoms with E-state index in [1.54, 1.807) is 6.07 Å². The first-order valence-electron chi connectivity index (χ1n) is 9.94. The average Bonchev–Trinajstić information content (AvgIpc) is 3.25. The molecular formula is C22H21N3O5. The van der Waals surface area contributed by atoms with E-state index in [0.717, 1.165) is 16.0 Å². The van der Waals surface area contributed by atoms with Crippen molar-refractivity contribution in [2.75, 3.05) is 19.7 Å². The number of amides is 4. The van der Waals surface area contributed by atoms with Gasteiger partial charge < -0.3 is 20.1 Å². The Morgan fingerprint density at radius 3 is 2.77 bits per heavy atom. The van der Waals surface area contributed by atoms with Crippen LogP contribution >= 0.6 is 0 Å². The molecule has 30 heavy (non-hydrogen) atoms. The van der Waals surface area contributed by atoms with Crippen LogP contribution in [-0.2, 0) is 21.5 Å². The van der Waals surface area contributed by atoms with Crippen molar-refractivity contribution in [3.63, 3.8) is 0 Å². The summed E-state index contributed by atoms with van der Waals surface area (Å²) in [5.41, 5.74) is 0.808. The summed E-state index contributed by atoms with van der Waals surface area (Å²) in [5.74, 6) is 0.489. The number of ether oxygens (including phenoxy) is 2. The van der Waals surface area contributed by atoms with Crippen LogP contribution in [0.1, 0.15) is 17.5 Å². The molecule has 1 spiro atoms. The van der Waals surface area contributed by atoms with Crippen molar-refractivity contribution in [1.82, 2.24) is 15.5 Å². The van der Waals surface area contributed by atoms with Gasteiger partial charge in [0.15, 0.2) is 11.5 Å². The van der Waals surface area contributed by atoms with Gasteiger partial charge in [0.2, 0.25) is 5.91 Å². The van der Waals surface area contributed by atoms with Gasteiger partial charge in [-0.15, -0.1) is 0 Å². The number of hydrogen-bond donors (Lipinski definition) is 2. The van der Waals surface area contributed by atoms with Gasteiger partial charge in [0.05, 0.1) is 6.54 Å². The van der Waals surface area contributed by atoms with Crippen molar-refractivity contribution in [1.29, 1.82) is 0 Å². The largest absolute Gasteiger partial charge is 0.486 e. The van der Waals surface area contributed by atoms with Crippen molar-refractivity contribution < 1.29 is 23.9 Å². The summed E-state index contributed by atoms with van der Waals surface area (Å²) >= 11 is 0. The van der Waals surface area contributed by atoms with Crippen LogP contribution in [0.4, 0.5) is 4.79 Å². The van der Waals surface area contributed by atoms with E-state index in [2.05, 4.69) is 10.6 Å². The van der Waals surface area contributed by atoms with Crippen molar-refractivity contribution in [3.05, 3.63) is 59.7 Å². The van der Waals surface area contributed by atoms with Crippen molar-refractivity contribution >= 4 is 17.8 Å². The molecule has 1 saturated heterocycles. The first kappa shape index (κ1) is 18.5. The lowest BCUT2D eigenvalue weighted by Gasteiger charge is -2.26. The Kier molecular flexibility index (Phi) is 4.34. The molecule has 2 aliphatic heterocycles. The van der Waals surface area contributed by atoms with E-state index in [4.69, 9.17) is 9.47 Å². The predicted octanol–water partition coefficient (Wildman–Crippen LogP) is 1.34. The third kappa shape index (κ3) is 2.96. The highest BCUT2D eigenvalue weighted by molar-refractivity contribution is 6.09. The highest BCUT2D eigenvalue weighted by Crippen LogP contribution is 2.41. The molecule has 1 aliphatic carbocycles. The van der Waals surface area contributed by atoms with Gasteiger partial charge in [-0.2, -0.15) is 0 Å². The number of para-hydroxylation sites is 2. The van der Waals surface area contributed by atoms with Crippen molar-refractivity contribution in [2.45, 2.75) is 24.5 Å². The van der Waals surface area contributed by atoms with E-state index in [9.17, 15) is 14.4 Å². The zero-order valence-corrected chi connectivity index (χ0v) is 16.2. The third-order valence-corrected chi connectivity index (χ3v) is 5.82. The maximum absolute atomic E-state index is 13.1. The van der Waals surface area contributed by atoms with E-state index in [-0.39, 0.29) is 25.1 Å². The van der Waals surface area contributed by atoms with E-state index < -0.39 is 17.5 Å². The van der Waals surface area contributed by atoms with Crippen LogP contribution in [0.25, 0.3) is 0 Å². The smallest absolute Gasteiger partial charge is 0.325 e. The van der Waals surface area contributed by atoms with Gasteiger partial charge in [0, 0.05) is 0 Å². The number of carbonyl (C=O) groups is 3. The number of hydrogen-bond acceptors (Lipinski definition) is 5. The van der Waals surface area contributed by atoms with Gasteiger partial charge in [-0.1, -0.05) is 36.4 Å². The number of nitrogens with zero attached hydrogens (tertiary/aromatic N) is 1. The molecule has 2 heterocycles. The lowest BCUT2D eigenvalue weighted by atomic mass is 9.92. The van der Waals surface area contributed by atoms with Crippen LogP contribution < -0.4 is 20.1 Å².